The molecule has 0 aromatic carbocycles. The van der Waals surface area contributed by atoms with Crippen LogP contribution in [-0.2, 0) is 16.4 Å². The highest BCUT2D eigenvalue weighted by Gasteiger charge is 2.25. The van der Waals surface area contributed by atoms with Gasteiger partial charge in [-0.25, -0.2) is 4.98 Å². The van der Waals surface area contributed by atoms with Gasteiger partial charge in [0.2, 0.25) is 0 Å². The van der Waals surface area contributed by atoms with Crippen molar-refractivity contribution in [3.05, 3.63) is 15.6 Å². The van der Waals surface area contributed by atoms with Gasteiger partial charge in [0, 0.05) is 24.4 Å². The van der Waals surface area contributed by atoms with Crippen molar-refractivity contribution >= 4 is 33.9 Å². The Labute approximate surface area is 109 Å². The molecule has 4 heteroatoms. The summed E-state index contributed by atoms with van der Waals surface area (Å²) in [5.74, 6) is 0. The van der Waals surface area contributed by atoms with Crippen molar-refractivity contribution in [2.45, 2.75) is 37.2 Å². The largest absolute Gasteiger partial charge is 0.298 e. The lowest BCUT2D eigenvalue weighted by molar-refractivity contribution is 0.269. The number of hydrogen-bond donors (Lipinski definition) is 0. The van der Waals surface area contributed by atoms with Gasteiger partial charge in [-0.2, -0.15) is 0 Å². The third-order valence-corrected chi connectivity index (χ3v) is 5.05. The van der Waals surface area contributed by atoms with Crippen LogP contribution in [0.15, 0.2) is 0 Å². The lowest BCUT2D eigenvalue weighted by Crippen LogP contribution is -2.29. The molecule has 1 aliphatic rings. The molecule has 1 aliphatic heterocycles. The Morgan fingerprint density at radius 2 is 2.27 bits per heavy atom. The van der Waals surface area contributed by atoms with E-state index in [0.717, 1.165) is 19.5 Å². The molecule has 0 atom stereocenters. The first-order chi connectivity index (χ1) is 7.00. The molecule has 0 amide bonds. The average molecular weight is 336 g/mol. The van der Waals surface area contributed by atoms with Crippen LogP contribution in [0, 0.1) is 0 Å². The van der Waals surface area contributed by atoms with Gasteiger partial charge in [-0.05, 0) is 20.4 Å². The standard InChI is InChI=1S/C11H17IN2S/c1-4-14-6-5-8-9(7-14)15-10(13-8)11(2,3)12/h4-7H2,1-3H3. The summed E-state index contributed by atoms with van der Waals surface area (Å²) in [7, 11) is 0. The Balaban J connectivity index is 2.26. The molecule has 1 aromatic heterocycles. The van der Waals surface area contributed by atoms with E-state index in [9.17, 15) is 0 Å². The highest BCUT2D eigenvalue weighted by atomic mass is 127. The summed E-state index contributed by atoms with van der Waals surface area (Å²) in [6.07, 6.45) is 1.13. The van der Waals surface area contributed by atoms with Crippen molar-refractivity contribution < 1.29 is 0 Å². The van der Waals surface area contributed by atoms with Gasteiger partial charge in [0.15, 0.2) is 0 Å². The summed E-state index contributed by atoms with van der Waals surface area (Å²) in [5, 5.41) is 1.28. The van der Waals surface area contributed by atoms with Crippen molar-refractivity contribution in [1.82, 2.24) is 9.88 Å². The van der Waals surface area contributed by atoms with E-state index in [2.05, 4.69) is 48.3 Å². The minimum atomic E-state index is 0.177. The molecule has 84 valence electrons. The van der Waals surface area contributed by atoms with Crippen LogP contribution in [0.3, 0.4) is 0 Å². The molecule has 0 unspecified atom stereocenters. The second kappa shape index (κ2) is 4.30. The second-order valence-corrected chi connectivity index (χ2v) is 8.26. The summed E-state index contributed by atoms with van der Waals surface area (Å²) >= 11 is 4.38. The minimum absolute atomic E-state index is 0.177. The maximum absolute atomic E-state index is 4.78. The molecule has 1 aromatic rings. The van der Waals surface area contributed by atoms with Crippen molar-refractivity contribution in [2.75, 3.05) is 13.1 Å². The Hall–Kier alpha value is 0.320. The van der Waals surface area contributed by atoms with Gasteiger partial charge in [-0.1, -0.05) is 29.5 Å². The average Bonchev–Trinajstić information content (AvgIpc) is 2.59. The number of thiazole rings is 1. The number of nitrogens with zero attached hydrogens (tertiary/aromatic N) is 2. The van der Waals surface area contributed by atoms with E-state index in [1.165, 1.54) is 22.1 Å². The Morgan fingerprint density at radius 1 is 1.53 bits per heavy atom. The third-order valence-electron chi connectivity index (χ3n) is 2.77. The minimum Gasteiger partial charge on any atom is -0.298 e. The molecular weight excluding hydrogens is 319 g/mol. The van der Waals surface area contributed by atoms with E-state index in [1.807, 2.05) is 11.3 Å². The van der Waals surface area contributed by atoms with Crippen LogP contribution < -0.4 is 0 Å². The number of rotatable bonds is 2. The molecule has 0 fully saturated rings. The fraction of sp³-hybridized carbons (Fsp3) is 0.727. The molecule has 0 saturated heterocycles. The van der Waals surface area contributed by atoms with E-state index in [4.69, 9.17) is 4.98 Å². The van der Waals surface area contributed by atoms with Crippen LogP contribution in [0.2, 0.25) is 0 Å². The van der Waals surface area contributed by atoms with Crippen LogP contribution in [0.4, 0.5) is 0 Å². The Kier molecular flexibility index (Phi) is 3.38. The third kappa shape index (κ3) is 2.53. The fourth-order valence-electron chi connectivity index (χ4n) is 1.77. The van der Waals surface area contributed by atoms with Crippen LogP contribution in [-0.4, -0.2) is 23.0 Å². The summed E-state index contributed by atoms with van der Waals surface area (Å²) < 4.78 is 0.177. The molecule has 0 spiro atoms. The topological polar surface area (TPSA) is 16.1 Å². The monoisotopic (exact) mass is 336 g/mol. The maximum Gasteiger partial charge on any atom is 0.109 e. The fourth-order valence-corrected chi connectivity index (χ4v) is 3.37. The molecule has 0 radical (unpaired) electrons. The van der Waals surface area contributed by atoms with Gasteiger partial charge >= 0.3 is 0 Å². The van der Waals surface area contributed by atoms with Gasteiger partial charge in [-0.3, -0.25) is 4.90 Å². The summed E-state index contributed by atoms with van der Waals surface area (Å²) in [5.41, 5.74) is 1.35. The summed E-state index contributed by atoms with van der Waals surface area (Å²) in [6.45, 7) is 10.1. The molecule has 15 heavy (non-hydrogen) atoms. The molecule has 0 bridgehead atoms. The van der Waals surface area contributed by atoms with E-state index >= 15 is 0 Å². The molecule has 0 saturated carbocycles. The normalized spacial score (nSPS) is 17.9. The van der Waals surface area contributed by atoms with E-state index in [-0.39, 0.29) is 3.42 Å². The Morgan fingerprint density at radius 3 is 2.87 bits per heavy atom. The molecule has 0 N–H and O–H groups in total. The lowest BCUT2D eigenvalue weighted by Gasteiger charge is -2.23. The van der Waals surface area contributed by atoms with Crippen molar-refractivity contribution in [3.63, 3.8) is 0 Å². The SMILES string of the molecule is CCN1CCc2nc(C(C)(C)I)sc2C1. The van der Waals surface area contributed by atoms with Gasteiger partial charge in [0.25, 0.3) is 0 Å². The quantitative estimate of drug-likeness (QED) is 0.609. The van der Waals surface area contributed by atoms with Crippen LogP contribution in [0.1, 0.15) is 36.3 Å². The van der Waals surface area contributed by atoms with E-state index < -0.39 is 0 Å². The number of likely N-dealkylation sites (N-methyl/N-ethyl adjacent to an activating group) is 1. The highest BCUT2D eigenvalue weighted by molar-refractivity contribution is 14.1. The van der Waals surface area contributed by atoms with Crippen LogP contribution >= 0.6 is 33.9 Å². The van der Waals surface area contributed by atoms with Gasteiger partial charge in [0.1, 0.15) is 5.01 Å². The van der Waals surface area contributed by atoms with Gasteiger partial charge in [-0.15, -0.1) is 11.3 Å². The summed E-state index contributed by atoms with van der Waals surface area (Å²) in [6, 6.07) is 0. The van der Waals surface area contributed by atoms with E-state index in [0.29, 0.717) is 0 Å². The first-order valence-corrected chi connectivity index (χ1v) is 7.30. The second-order valence-electron chi connectivity index (χ2n) is 4.48. The zero-order valence-corrected chi connectivity index (χ0v) is 12.5. The smallest absolute Gasteiger partial charge is 0.109 e. The van der Waals surface area contributed by atoms with Gasteiger partial charge in [0.05, 0.1) is 9.12 Å². The molecule has 2 rings (SSSR count). The number of fused-ring (bicyclic) bond motifs is 1. The predicted octanol–water partition coefficient (Wildman–Crippen LogP) is 3.19. The first kappa shape index (κ1) is 11.8. The Bertz CT molecular complexity index is 354. The predicted molar refractivity (Wildman–Crippen MR) is 73.8 cm³/mol. The van der Waals surface area contributed by atoms with Crippen molar-refractivity contribution in [3.8, 4) is 0 Å². The maximum atomic E-state index is 4.78. The number of aromatic nitrogens is 1. The number of hydrogen-bond acceptors (Lipinski definition) is 3. The highest BCUT2D eigenvalue weighted by Crippen LogP contribution is 2.36. The van der Waals surface area contributed by atoms with Gasteiger partial charge < -0.3 is 0 Å². The lowest BCUT2D eigenvalue weighted by atomic mass is 10.2. The first-order valence-electron chi connectivity index (χ1n) is 5.41. The number of halogens is 1. The van der Waals surface area contributed by atoms with Crippen LogP contribution in [0.5, 0.6) is 0 Å². The van der Waals surface area contributed by atoms with Crippen LogP contribution in [0.25, 0.3) is 0 Å². The zero-order valence-electron chi connectivity index (χ0n) is 9.51. The zero-order chi connectivity index (χ0) is 11.1. The molecular formula is C11H17IN2S. The van der Waals surface area contributed by atoms with Crippen molar-refractivity contribution in [2.24, 2.45) is 0 Å². The van der Waals surface area contributed by atoms with Crippen molar-refractivity contribution in [1.29, 1.82) is 0 Å². The molecule has 0 aliphatic carbocycles. The van der Waals surface area contributed by atoms with E-state index in [1.54, 1.807) is 0 Å². The molecule has 2 heterocycles. The molecule has 2 nitrogen and oxygen atoms in total. The summed E-state index contributed by atoms with van der Waals surface area (Å²) in [4.78, 5) is 8.75. The number of alkyl halides is 1.